The van der Waals surface area contributed by atoms with Crippen LogP contribution in [0.4, 0.5) is 5.69 Å². The van der Waals surface area contributed by atoms with Crippen molar-refractivity contribution in [2.45, 2.75) is 31.6 Å². The second-order valence-electron chi connectivity index (χ2n) is 4.69. The van der Waals surface area contributed by atoms with E-state index in [1.807, 2.05) is 4.57 Å². The molecule has 6 nitrogen and oxygen atoms in total. The Hall–Kier alpha value is -1.86. The maximum Gasteiger partial charge on any atom is 0.240 e. The SMILES string of the molecule is CCCc1nccn1-c1cc(S(=O)(=O)NCC)ccc1N. The molecule has 1 heterocycles. The zero-order chi connectivity index (χ0) is 15.5. The highest BCUT2D eigenvalue weighted by atomic mass is 32.2. The summed E-state index contributed by atoms with van der Waals surface area (Å²) in [5.74, 6) is 0.863. The summed E-state index contributed by atoms with van der Waals surface area (Å²) in [5.41, 5.74) is 7.15. The molecule has 3 N–H and O–H groups in total. The number of nitrogens with one attached hydrogen (secondary N) is 1. The third-order valence-electron chi connectivity index (χ3n) is 3.10. The molecule has 7 heteroatoms. The van der Waals surface area contributed by atoms with Crippen LogP contribution >= 0.6 is 0 Å². The smallest absolute Gasteiger partial charge is 0.240 e. The lowest BCUT2D eigenvalue weighted by Gasteiger charge is -2.12. The lowest BCUT2D eigenvalue weighted by Crippen LogP contribution is -2.23. The zero-order valence-electron chi connectivity index (χ0n) is 12.2. The van der Waals surface area contributed by atoms with E-state index in [4.69, 9.17) is 5.73 Å². The molecule has 2 rings (SSSR count). The van der Waals surface area contributed by atoms with Crippen molar-refractivity contribution in [1.82, 2.24) is 14.3 Å². The van der Waals surface area contributed by atoms with Gasteiger partial charge in [-0.05, 0) is 24.6 Å². The van der Waals surface area contributed by atoms with Gasteiger partial charge < -0.3 is 10.3 Å². The molecule has 0 amide bonds. The van der Waals surface area contributed by atoms with Crippen LogP contribution in [-0.4, -0.2) is 24.5 Å². The maximum atomic E-state index is 12.1. The molecule has 1 aromatic heterocycles. The van der Waals surface area contributed by atoms with Gasteiger partial charge in [0, 0.05) is 25.4 Å². The molecule has 0 fully saturated rings. The van der Waals surface area contributed by atoms with Crippen LogP contribution in [0.1, 0.15) is 26.1 Å². The second-order valence-corrected chi connectivity index (χ2v) is 6.45. The molecular weight excluding hydrogens is 288 g/mol. The molecule has 0 aliphatic rings. The Morgan fingerprint density at radius 2 is 2.10 bits per heavy atom. The quantitative estimate of drug-likeness (QED) is 0.795. The number of benzene rings is 1. The van der Waals surface area contributed by atoms with E-state index in [1.165, 1.54) is 6.07 Å². The zero-order valence-corrected chi connectivity index (χ0v) is 13.0. The summed E-state index contributed by atoms with van der Waals surface area (Å²) < 4.78 is 28.5. The molecule has 0 spiro atoms. The van der Waals surface area contributed by atoms with Crippen LogP contribution in [0.3, 0.4) is 0 Å². The van der Waals surface area contributed by atoms with Crippen molar-refractivity contribution in [3.8, 4) is 5.69 Å². The van der Waals surface area contributed by atoms with Crippen LogP contribution < -0.4 is 10.5 Å². The Labute approximate surface area is 125 Å². The van der Waals surface area contributed by atoms with Gasteiger partial charge in [0.1, 0.15) is 5.82 Å². The lowest BCUT2D eigenvalue weighted by molar-refractivity contribution is 0.584. The Bertz CT molecular complexity index is 722. The normalized spacial score (nSPS) is 11.7. The topological polar surface area (TPSA) is 90.0 Å². The Morgan fingerprint density at radius 3 is 2.76 bits per heavy atom. The Balaban J connectivity index is 2.52. The van der Waals surface area contributed by atoms with Crippen molar-refractivity contribution >= 4 is 15.7 Å². The Kier molecular flexibility index (Phi) is 4.64. The number of hydrogen-bond acceptors (Lipinski definition) is 4. The first-order valence-corrected chi connectivity index (χ1v) is 8.39. The van der Waals surface area contributed by atoms with E-state index in [0.717, 1.165) is 18.7 Å². The summed E-state index contributed by atoms with van der Waals surface area (Å²) in [6, 6.07) is 4.69. The number of hydrogen-bond donors (Lipinski definition) is 2. The molecule has 0 bridgehead atoms. The van der Waals surface area contributed by atoms with E-state index in [-0.39, 0.29) is 4.90 Å². The highest BCUT2D eigenvalue weighted by Crippen LogP contribution is 2.23. The fourth-order valence-electron chi connectivity index (χ4n) is 2.13. The molecule has 21 heavy (non-hydrogen) atoms. The third kappa shape index (κ3) is 3.25. The van der Waals surface area contributed by atoms with Crippen molar-refractivity contribution in [2.75, 3.05) is 12.3 Å². The van der Waals surface area contributed by atoms with Gasteiger partial charge in [-0.15, -0.1) is 0 Å². The Morgan fingerprint density at radius 1 is 1.33 bits per heavy atom. The molecule has 2 aromatic rings. The van der Waals surface area contributed by atoms with Gasteiger partial charge in [-0.3, -0.25) is 0 Å². The van der Waals surface area contributed by atoms with E-state index in [9.17, 15) is 8.42 Å². The van der Waals surface area contributed by atoms with Gasteiger partial charge in [-0.1, -0.05) is 13.8 Å². The van der Waals surface area contributed by atoms with E-state index in [2.05, 4.69) is 16.6 Å². The second kappa shape index (κ2) is 6.28. The molecule has 0 radical (unpaired) electrons. The number of aryl methyl sites for hydroxylation is 1. The first kappa shape index (κ1) is 15.5. The van der Waals surface area contributed by atoms with Gasteiger partial charge in [0.05, 0.1) is 16.3 Å². The van der Waals surface area contributed by atoms with Crippen molar-refractivity contribution in [2.24, 2.45) is 0 Å². The number of imidazole rings is 1. The van der Waals surface area contributed by atoms with Crippen LogP contribution in [0, 0.1) is 0 Å². The number of nitrogens with two attached hydrogens (primary N) is 1. The molecule has 114 valence electrons. The first-order chi connectivity index (χ1) is 9.99. The third-order valence-corrected chi connectivity index (χ3v) is 4.64. The van der Waals surface area contributed by atoms with Crippen LogP contribution in [0.15, 0.2) is 35.5 Å². The minimum atomic E-state index is -3.51. The average molecular weight is 308 g/mol. The fraction of sp³-hybridized carbons (Fsp3) is 0.357. The van der Waals surface area contributed by atoms with Crippen LogP contribution in [0.2, 0.25) is 0 Å². The number of nitrogen functional groups attached to an aromatic ring is 1. The largest absolute Gasteiger partial charge is 0.397 e. The predicted molar refractivity (Wildman–Crippen MR) is 82.8 cm³/mol. The van der Waals surface area contributed by atoms with Crippen molar-refractivity contribution in [3.05, 3.63) is 36.4 Å². The van der Waals surface area contributed by atoms with E-state index in [1.54, 1.807) is 31.5 Å². The highest BCUT2D eigenvalue weighted by molar-refractivity contribution is 7.89. The monoisotopic (exact) mass is 308 g/mol. The van der Waals surface area contributed by atoms with Gasteiger partial charge in [-0.25, -0.2) is 18.1 Å². The van der Waals surface area contributed by atoms with Crippen molar-refractivity contribution in [3.63, 3.8) is 0 Å². The number of aromatic nitrogens is 2. The lowest BCUT2D eigenvalue weighted by atomic mass is 10.2. The summed E-state index contributed by atoms with van der Waals surface area (Å²) in [4.78, 5) is 4.49. The van der Waals surface area contributed by atoms with Gasteiger partial charge in [0.2, 0.25) is 10.0 Å². The molecule has 1 aromatic carbocycles. The van der Waals surface area contributed by atoms with Gasteiger partial charge in [0.25, 0.3) is 0 Å². The standard InChI is InChI=1S/C14H20N4O2S/c1-3-5-14-16-8-9-18(14)13-10-11(6-7-12(13)15)21(19,20)17-4-2/h6-10,17H,3-5,15H2,1-2H3. The minimum absolute atomic E-state index is 0.199. The maximum absolute atomic E-state index is 12.1. The summed E-state index contributed by atoms with van der Waals surface area (Å²) in [6.45, 7) is 4.15. The average Bonchev–Trinajstić information content (AvgIpc) is 2.87. The van der Waals surface area contributed by atoms with Crippen LogP contribution in [0.5, 0.6) is 0 Å². The molecule has 0 aliphatic carbocycles. The molecule has 0 aliphatic heterocycles. The molecule has 0 unspecified atom stereocenters. The van der Waals surface area contributed by atoms with Gasteiger partial charge >= 0.3 is 0 Å². The van der Waals surface area contributed by atoms with E-state index < -0.39 is 10.0 Å². The number of anilines is 1. The molecule has 0 saturated heterocycles. The summed E-state index contributed by atoms with van der Waals surface area (Å²) in [6.07, 6.45) is 5.24. The summed E-state index contributed by atoms with van der Waals surface area (Å²) in [7, 11) is -3.51. The summed E-state index contributed by atoms with van der Waals surface area (Å²) in [5, 5.41) is 0. The highest BCUT2D eigenvalue weighted by Gasteiger charge is 2.16. The van der Waals surface area contributed by atoms with Crippen molar-refractivity contribution < 1.29 is 8.42 Å². The number of nitrogens with zero attached hydrogens (tertiary/aromatic N) is 2. The van der Waals surface area contributed by atoms with Crippen LogP contribution in [0.25, 0.3) is 5.69 Å². The van der Waals surface area contributed by atoms with Crippen LogP contribution in [-0.2, 0) is 16.4 Å². The van der Waals surface area contributed by atoms with E-state index in [0.29, 0.717) is 17.9 Å². The number of sulfonamides is 1. The molecule has 0 saturated carbocycles. The van der Waals surface area contributed by atoms with E-state index >= 15 is 0 Å². The summed E-state index contributed by atoms with van der Waals surface area (Å²) >= 11 is 0. The fourth-order valence-corrected chi connectivity index (χ4v) is 3.20. The van der Waals surface area contributed by atoms with Crippen molar-refractivity contribution in [1.29, 1.82) is 0 Å². The van der Waals surface area contributed by atoms with Gasteiger partial charge in [0.15, 0.2) is 0 Å². The van der Waals surface area contributed by atoms with Gasteiger partial charge in [-0.2, -0.15) is 0 Å². The molecule has 0 atom stereocenters. The predicted octanol–water partition coefficient (Wildman–Crippen LogP) is 1.71. The first-order valence-electron chi connectivity index (χ1n) is 6.91. The molecular formula is C14H20N4O2S. The number of rotatable bonds is 6. The minimum Gasteiger partial charge on any atom is -0.397 e.